The smallest absolute Gasteiger partial charge is 0.240 e. The van der Waals surface area contributed by atoms with Gasteiger partial charge in [0.2, 0.25) is 5.89 Å². The maximum Gasteiger partial charge on any atom is 0.240 e. The number of thiazole rings is 1. The fourth-order valence-electron chi connectivity index (χ4n) is 2.14. The zero-order valence-corrected chi connectivity index (χ0v) is 14.0. The summed E-state index contributed by atoms with van der Waals surface area (Å²) in [6.07, 6.45) is 0.670. The van der Waals surface area contributed by atoms with Gasteiger partial charge in [0, 0.05) is 18.4 Å². The Labute approximate surface area is 129 Å². The van der Waals surface area contributed by atoms with E-state index in [1.54, 1.807) is 18.4 Å². The van der Waals surface area contributed by atoms with Crippen molar-refractivity contribution in [1.82, 2.24) is 20.0 Å². The number of ether oxygens (including phenoxy) is 1. The summed E-state index contributed by atoms with van der Waals surface area (Å²) in [7, 11) is 3.70. The topological polar surface area (TPSA) is 64.3 Å². The van der Waals surface area contributed by atoms with Crippen molar-refractivity contribution in [2.45, 2.75) is 39.8 Å². The quantitative estimate of drug-likeness (QED) is 0.783. The third kappa shape index (κ3) is 4.09. The Morgan fingerprint density at radius 3 is 2.71 bits per heavy atom. The highest BCUT2D eigenvalue weighted by Gasteiger charge is 2.19. The summed E-state index contributed by atoms with van der Waals surface area (Å²) in [5.41, 5.74) is 1.12. The van der Waals surface area contributed by atoms with E-state index in [2.05, 4.69) is 33.9 Å². The lowest BCUT2D eigenvalue weighted by Gasteiger charge is -2.22. The minimum absolute atomic E-state index is 0.212. The number of hydrogen-bond acceptors (Lipinski definition) is 7. The lowest BCUT2D eigenvalue weighted by atomic mass is 10.2. The fraction of sp³-hybridized carbons (Fsp3) is 0.643. The third-order valence-corrected chi connectivity index (χ3v) is 4.32. The molecule has 0 fully saturated rings. The summed E-state index contributed by atoms with van der Waals surface area (Å²) < 4.78 is 10.3. The van der Waals surface area contributed by atoms with Gasteiger partial charge in [0.15, 0.2) is 5.82 Å². The molecule has 2 aromatic rings. The fourth-order valence-corrected chi connectivity index (χ4v) is 3.05. The van der Waals surface area contributed by atoms with E-state index in [1.165, 1.54) is 4.88 Å². The third-order valence-electron chi connectivity index (χ3n) is 3.42. The van der Waals surface area contributed by atoms with Crippen LogP contribution in [-0.4, -0.2) is 40.8 Å². The molecule has 0 aliphatic rings. The largest absolute Gasteiger partial charge is 0.384 e. The molecule has 2 rings (SSSR count). The zero-order valence-electron chi connectivity index (χ0n) is 13.2. The molecule has 1 atom stereocenters. The molecule has 2 heterocycles. The van der Waals surface area contributed by atoms with Gasteiger partial charge in [-0.3, -0.25) is 4.90 Å². The summed E-state index contributed by atoms with van der Waals surface area (Å²) in [6, 6.07) is 0.212. The van der Waals surface area contributed by atoms with Crippen LogP contribution in [0.15, 0.2) is 4.52 Å². The summed E-state index contributed by atoms with van der Waals surface area (Å²) >= 11 is 1.73. The van der Waals surface area contributed by atoms with Crippen molar-refractivity contribution in [2.75, 3.05) is 20.8 Å². The van der Waals surface area contributed by atoms with Gasteiger partial charge in [-0.1, -0.05) is 5.16 Å². The SMILES string of the molecule is COCCc1noc(CN(C)C(C)c2nc(C)sc2C)n1. The molecule has 0 spiro atoms. The second-order valence-corrected chi connectivity index (χ2v) is 6.52. The molecule has 7 heteroatoms. The van der Waals surface area contributed by atoms with Crippen molar-refractivity contribution < 1.29 is 9.26 Å². The standard InChI is InChI=1S/C14H22N4O2S/c1-9(14-10(2)21-11(3)15-14)18(4)8-13-16-12(17-20-13)6-7-19-5/h9H,6-8H2,1-5H3. The molecule has 0 aliphatic heterocycles. The van der Waals surface area contributed by atoms with Gasteiger partial charge in [-0.2, -0.15) is 4.98 Å². The summed E-state index contributed by atoms with van der Waals surface area (Å²) in [4.78, 5) is 12.4. The number of aryl methyl sites for hydroxylation is 2. The van der Waals surface area contributed by atoms with Crippen LogP contribution in [0.1, 0.15) is 40.3 Å². The van der Waals surface area contributed by atoms with Crippen LogP contribution in [0.4, 0.5) is 0 Å². The molecule has 0 amide bonds. The molecule has 0 aromatic carbocycles. The van der Waals surface area contributed by atoms with E-state index >= 15 is 0 Å². The summed E-state index contributed by atoms with van der Waals surface area (Å²) in [6.45, 7) is 7.50. The minimum Gasteiger partial charge on any atom is -0.384 e. The van der Waals surface area contributed by atoms with Crippen LogP contribution in [-0.2, 0) is 17.7 Å². The molecule has 6 nitrogen and oxygen atoms in total. The monoisotopic (exact) mass is 310 g/mol. The Morgan fingerprint density at radius 2 is 2.10 bits per heavy atom. The van der Waals surface area contributed by atoms with Crippen LogP contribution in [0.3, 0.4) is 0 Å². The molecule has 1 unspecified atom stereocenters. The molecular weight excluding hydrogens is 288 g/mol. The summed E-state index contributed by atoms with van der Waals surface area (Å²) in [5, 5.41) is 5.05. The first-order chi connectivity index (χ1) is 10.0. The predicted molar refractivity (Wildman–Crippen MR) is 81.3 cm³/mol. The Morgan fingerprint density at radius 1 is 1.33 bits per heavy atom. The first-order valence-electron chi connectivity index (χ1n) is 6.95. The second-order valence-electron chi connectivity index (χ2n) is 5.11. The van der Waals surface area contributed by atoms with Crippen molar-refractivity contribution >= 4 is 11.3 Å². The highest BCUT2D eigenvalue weighted by molar-refractivity contribution is 7.11. The van der Waals surface area contributed by atoms with Crippen molar-refractivity contribution in [3.63, 3.8) is 0 Å². The molecule has 21 heavy (non-hydrogen) atoms. The molecule has 2 aromatic heterocycles. The van der Waals surface area contributed by atoms with Crippen LogP contribution in [0.25, 0.3) is 0 Å². The van der Waals surface area contributed by atoms with E-state index in [4.69, 9.17) is 9.26 Å². The van der Waals surface area contributed by atoms with Gasteiger partial charge in [0.1, 0.15) is 0 Å². The van der Waals surface area contributed by atoms with Crippen molar-refractivity contribution in [2.24, 2.45) is 0 Å². The van der Waals surface area contributed by atoms with Gasteiger partial charge in [0.25, 0.3) is 0 Å². The van der Waals surface area contributed by atoms with E-state index in [-0.39, 0.29) is 6.04 Å². The maximum absolute atomic E-state index is 5.28. The zero-order chi connectivity index (χ0) is 15.4. The lowest BCUT2D eigenvalue weighted by molar-refractivity contribution is 0.199. The van der Waals surface area contributed by atoms with Gasteiger partial charge in [-0.25, -0.2) is 4.98 Å². The minimum atomic E-state index is 0.212. The molecule has 0 saturated heterocycles. The van der Waals surface area contributed by atoms with Crippen molar-refractivity contribution in [3.05, 3.63) is 27.3 Å². The van der Waals surface area contributed by atoms with Gasteiger partial charge < -0.3 is 9.26 Å². The Hall–Kier alpha value is -1.31. The predicted octanol–water partition coefficient (Wildman–Crippen LogP) is 2.52. The Kier molecular flexibility index (Phi) is 5.44. The molecule has 116 valence electrons. The highest BCUT2D eigenvalue weighted by atomic mass is 32.1. The first-order valence-corrected chi connectivity index (χ1v) is 7.77. The molecule has 0 radical (unpaired) electrons. The molecule has 0 bridgehead atoms. The van der Waals surface area contributed by atoms with Gasteiger partial charge in [-0.05, 0) is 27.8 Å². The van der Waals surface area contributed by atoms with E-state index in [0.29, 0.717) is 31.3 Å². The number of hydrogen-bond donors (Lipinski definition) is 0. The lowest BCUT2D eigenvalue weighted by Crippen LogP contribution is -2.23. The van der Waals surface area contributed by atoms with E-state index in [9.17, 15) is 0 Å². The van der Waals surface area contributed by atoms with Crippen LogP contribution in [0.5, 0.6) is 0 Å². The summed E-state index contributed by atoms with van der Waals surface area (Å²) in [5.74, 6) is 1.31. The van der Waals surface area contributed by atoms with Crippen LogP contribution in [0.2, 0.25) is 0 Å². The maximum atomic E-state index is 5.28. The van der Waals surface area contributed by atoms with Crippen LogP contribution >= 0.6 is 11.3 Å². The molecule has 0 N–H and O–H groups in total. The highest BCUT2D eigenvalue weighted by Crippen LogP contribution is 2.26. The second kappa shape index (κ2) is 7.11. The van der Waals surface area contributed by atoms with Crippen molar-refractivity contribution in [3.8, 4) is 0 Å². The number of rotatable bonds is 7. The number of nitrogens with zero attached hydrogens (tertiary/aromatic N) is 4. The molecule has 0 aliphatic carbocycles. The molecular formula is C14H22N4O2S. The van der Waals surface area contributed by atoms with E-state index in [0.717, 1.165) is 10.7 Å². The van der Waals surface area contributed by atoms with E-state index < -0.39 is 0 Å². The Balaban J connectivity index is 1.98. The Bertz CT molecular complexity index is 581. The normalized spacial score (nSPS) is 13.0. The van der Waals surface area contributed by atoms with Crippen LogP contribution < -0.4 is 0 Å². The first kappa shape index (κ1) is 16.1. The van der Waals surface area contributed by atoms with Gasteiger partial charge in [-0.15, -0.1) is 11.3 Å². The van der Waals surface area contributed by atoms with Gasteiger partial charge >= 0.3 is 0 Å². The van der Waals surface area contributed by atoms with Crippen LogP contribution in [0, 0.1) is 13.8 Å². The average Bonchev–Trinajstić information content (AvgIpc) is 3.02. The van der Waals surface area contributed by atoms with Gasteiger partial charge in [0.05, 0.1) is 29.9 Å². The van der Waals surface area contributed by atoms with E-state index in [1.807, 2.05) is 14.0 Å². The van der Waals surface area contributed by atoms with Crippen molar-refractivity contribution in [1.29, 1.82) is 0 Å². The average molecular weight is 310 g/mol. The molecule has 0 saturated carbocycles. The number of methoxy groups -OCH3 is 1. The number of aromatic nitrogens is 3.